The summed E-state index contributed by atoms with van der Waals surface area (Å²) in [6, 6.07) is 12.6. The number of aryl methyl sites for hydroxylation is 2. The number of pyridine rings is 1. The largest absolute Gasteiger partial charge is 0.361 e. The SMILES string of the molecule is Cc1ccc(-c2csc3ncnc(N[C@@H](C)c4ccccn4)c23)cc1C. The molecule has 4 nitrogen and oxygen atoms in total. The molecule has 1 aromatic carbocycles. The van der Waals surface area contributed by atoms with Crippen molar-refractivity contribution in [1.82, 2.24) is 15.0 Å². The van der Waals surface area contributed by atoms with Crippen LogP contribution in [0.3, 0.4) is 0 Å². The van der Waals surface area contributed by atoms with Gasteiger partial charge in [0.2, 0.25) is 0 Å². The number of rotatable bonds is 4. The Kier molecular flexibility index (Phi) is 4.39. The van der Waals surface area contributed by atoms with Crippen molar-refractivity contribution in [1.29, 1.82) is 0 Å². The molecule has 0 aliphatic rings. The lowest BCUT2D eigenvalue weighted by Gasteiger charge is -2.15. The van der Waals surface area contributed by atoms with Gasteiger partial charge in [-0.05, 0) is 49.6 Å². The number of benzene rings is 1. The first-order valence-corrected chi connectivity index (χ1v) is 9.48. The first-order valence-electron chi connectivity index (χ1n) is 8.61. The minimum Gasteiger partial charge on any atom is -0.361 e. The molecule has 0 spiro atoms. The van der Waals surface area contributed by atoms with Crippen molar-refractivity contribution in [2.24, 2.45) is 0 Å². The van der Waals surface area contributed by atoms with Gasteiger partial charge < -0.3 is 5.32 Å². The van der Waals surface area contributed by atoms with Crippen LogP contribution in [0.1, 0.15) is 29.8 Å². The summed E-state index contributed by atoms with van der Waals surface area (Å²) in [7, 11) is 0. The van der Waals surface area contributed by atoms with E-state index in [-0.39, 0.29) is 6.04 Å². The average molecular weight is 360 g/mol. The summed E-state index contributed by atoms with van der Waals surface area (Å²) in [5, 5.41) is 6.76. The molecule has 0 aliphatic heterocycles. The molecule has 5 heteroatoms. The minimum atomic E-state index is 0.0572. The zero-order chi connectivity index (χ0) is 18.1. The van der Waals surface area contributed by atoms with Crippen LogP contribution in [-0.4, -0.2) is 15.0 Å². The van der Waals surface area contributed by atoms with Crippen molar-refractivity contribution >= 4 is 27.4 Å². The lowest BCUT2D eigenvalue weighted by Crippen LogP contribution is -2.09. The van der Waals surface area contributed by atoms with Gasteiger partial charge in [-0.1, -0.05) is 24.3 Å². The number of anilines is 1. The molecule has 0 radical (unpaired) electrons. The Morgan fingerprint density at radius 1 is 1.00 bits per heavy atom. The second-order valence-electron chi connectivity index (χ2n) is 6.47. The fraction of sp³-hybridized carbons (Fsp3) is 0.190. The van der Waals surface area contributed by atoms with Crippen LogP contribution in [0, 0.1) is 13.8 Å². The van der Waals surface area contributed by atoms with Crippen LogP contribution in [0.15, 0.2) is 54.3 Å². The summed E-state index contributed by atoms with van der Waals surface area (Å²) >= 11 is 1.65. The second-order valence-corrected chi connectivity index (χ2v) is 7.33. The molecule has 0 saturated carbocycles. The van der Waals surface area contributed by atoms with Gasteiger partial charge in [0.15, 0.2) is 0 Å². The number of aromatic nitrogens is 3. The van der Waals surface area contributed by atoms with E-state index in [0.29, 0.717) is 0 Å². The van der Waals surface area contributed by atoms with E-state index in [1.54, 1.807) is 17.7 Å². The van der Waals surface area contributed by atoms with Crippen molar-refractivity contribution in [2.45, 2.75) is 26.8 Å². The third kappa shape index (κ3) is 3.06. The number of fused-ring (bicyclic) bond motifs is 1. The first-order chi connectivity index (χ1) is 12.6. The average Bonchev–Trinajstić information content (AvgIpc) is 3.10. The Balaban J connectivity index is 1.78. The maximum atomic E-state index is 4.53. The highest BCUT2D eigenvalue weighted by molar-refractivity contribution is 7.17. The third-order valence-corrected chi connectivity index (χ3v) is 5.56. The van der Waals surface area contributed by atoms with Crippen molar-refractivity contribution in [3.8, 4) is 11.1 Å². The summed E-state index contributed by atoms with van der Waals surface area (Å²) in [5.41, 5.74) is 5.94. The molecule has 1 N–H and O–H groups in total. The Bertz CT molecular complexity index is 1060. The van der Waals surface area contributed by atoms with Crippen LogP contribution in [0.4, 0.5) is 5.82 Å². The van der Waals surface area contributed by atoms with Crippen LogP contribution < -0.4 is 5.32 Å². The quantitative estimate of drug-likeness (QED) is 0.519. The van der Waals surface area contributed by atoms with Crippen LogP contribution in [0.5, 0.6) is 0 Å². The molecule has 3 heterocycles. The standard InChI is InChI=1S/C21H20N4S/c1-13-7-8-16(10-14(13)2)17-11-26-21-19(17)20(23-12-24-21)25-15(3)18-6-4-5-9-22-18/h4-12,15H,1-3H3,(H,23,24,25)/t15-/m0/s1. The Labute approximate surface area is 157 Å². The van der Waals surface area contributed by atoms with Gasteiger partial charge in [0, 0.05) is 17.1 Å². The van der Waals surface area contributed by atoms with Gasteiger partial charge >= 0.3 is 0 Å². The number of nitrogens with one attached hydrogen (secondary N) is 1. The smallest absolute Gasteiger partial charge is 0.139 e. The molecule has 0 bridgehead atoms. The highest BCUT2D eigenvalue weighted by Crippen LogP contribution is 2.37. The molecule has 3 aromatic heterocycles. The molecule has 0 saturated heterocycles. The molecule has 0 amide bonds. The molecule has 130 valence electrons. The van der Waals surface area contributed by atoms with E-state index in [4.69, 9.17) is 0 Å². The lowest BCUT2D eigenvalue weighted by atomic mass is 10.0. The summed E-state index contributed by atoms with van der Waals surface area (Å²) in [6.45, 7) is 6.38. The first kappa shape index (κ1) is 16.7. The maximum Gasteiger partial charge on any atom is 0.139 e. The Morgan fingerprint density at radius 2 is 1.88 bits per heavy atom. The van der Waals surface area contributed by atoms with Crippen molar-refractivity contribution in [2.75, 3.05) is 5.32 Å². The fourth-order valence-corrected chi connectivity index (χ4v) is 3.93. The Hall–Kier alpha value is -2.79. The summed E-state index contributed by atoms with van der Waals surface area (Å²) in [5.74, 6) is 0.850. The van der Waals surface area contributed by atoms with E-state index >= 15 is 0 Å². The zero-order valence-electron chi connectivity index (χ0n) is 15.0. The van der Waals surface area contributed by atoms with E-state index in [9.17, 15) is 0 Å². The van der Waals surface area contributed by atoms with E-state index in [1.807, 2.05) is 24.4 Å². The van der Waals surface area contributed by atoms with Crippen LogP contribution in [0.2, 0.25) is 0 Å². The molecule has 4 rings (SSSR count). The topological polar surface area (TPSA) is 50.7 Å². The van der Waals surface area contributed by atoms with Crippen LogP contribution in [-0.2, 0) is 0 Å². The predicted molar refractivity (Wildman–Crippen MR) is 109 cm³/mol. The van der Waals surface area contributed by atoms with Crippen molar-refractivity contribution < 1.29 is 0 Å². The monoisotopic (exact) mass is 360 g/mol. The van der Waals surface area contributed by atoms with Gasteiger partial charge in [-0.3, -0.25) is 4.98 Å². The fourth-order valence-electron chi connectivity index (χ4n) is 3.02. The molecule has 0 unspecified atom stereocenters. The van der Waals surface area contributed by atoms with E-state index in [0.717, 1.165) is 21.7 Å². The van der Waals surface area contributed by atoms with Gasteiger partial charge in [-0.25, -0.2) is 9.97 Å². The van der Waals surface area contributed by atoms with E-state index in [1.165, 1.54) is 22.3 Å². The number of hydrogen-bond donors (Lipinski definition) is 1. The molecular weight excluding hydrogens is 340 g/mol. The van der Waals surface area contributed by atoms with Gasteiger partial charge in [0.05, 0.1) is 17.1 Å². The van der Waals surface area contributed by atoms with E-state index < -0.39 is 0 Å². The number of hydrogen-bond acceptors (Lipinski definition) is 5. The summed E-state index contributed by atoms with van der Waals surface area (Å²) in [4.78, 5) is 14.4. The van der Waals surface area contributed by atoms with Crippen molar-refractivity contribution in [3.05, 3.63) is 71.1 Å². The van der Waals surface area contributed by atoms with Crippen LogP contribution >= 0.6 is 11.3 Å². The van der Waals surface area contributed by atoms with Gasteiger partial charge in [-0.2, -0.15) is 0 Å². The Morgan fingerprint density at radius 3 is 2.65 bits per heavy atom. The van der Waals surface area contributed by atoms with Gasteiger partial charge in [0.1, 0.15) is 17.0 Å². The third-order valence-electron chi connectivity index (χ3n) is 4.67. The molecule has 0 aliphatic carbocycles. The number of nitrogens with zero attached hydrogens (tertiary/aromatic N) is 3. The molecule has 0 fully saturated rings. The summed E-state index contributed by atoms with van der Waals surface area (Å²) in [6.07, 6.45) is 3.44. The highest BCUT2D eigenvalue weighted by atomic mass is 32.1. The maximum absolute atomic E-state index is 4.53. The van der Waals surface area contributed by atoms with Crippen molar-refractivity contribution in [3.63, 3.8) is 0 Å². The molecule has 26 heavy (non-hydrogen) atoms. The summed E-state index contributed by atoms with van der Waals surface area (Å²) < 4.78 is 0. The molecule has 1 atom stereocenters. The van der Waals surface area contributed by atoms with Crippen LogP contribution in [0.25, 0.3) is 21.3 Å². The normalized spacial score (nSPS) is 12.3. The number of thiophene rings is 1. The van der Waals surface area contributed by atoms with Gasteiger partial charge in [0.25, 0.3) is 0 Å². The predicted octanol–water partition coefficient (Wildman–Crippen LogP) is 5.54. The van der Waals surface area contributed by atoms with E-state index in [2.05, 4.69) is 64.6 Å². The highest BCUT2D eigenvalue weighted by Gasteiger charge is 2.16. The van der Waals surface area contributed by atoms with Gasteiger partial charge in [-0.15, -0.1) is 11.3 Å². The second kappa shape index (κ2) is 6.84. The zero-order valence-corrected chi connectivity index (χ0v) is 15.8. The molecular formula is C21H20N4S. The molecule has 4 aromatic rings. The minimum absolute atomic E-state index is 0.0572. The lowest BCUT2D eigenvalue weighted by molar-refractivity contribution is 0.833.